The minimum Gasteiger partial charge on any atom is -0.386 e. The van der Waals surface area contributed by atoms with E-state index in [-0.39, 0.29) is 23.8 Å². The summed E-state index contributed by atoms with van der Waals surface area (Å²) in [7, 11) is 0. The van der Waals surface area contributed by atoms with E-state index >= 15 is 0 Å². The lowest BCUT2D eigenvalue weighted by Crippen LogP contribution is -2.28. The van der Waals surface area contributed by atoms with E-state index in [2.05, 4.69) is 10.2 Å². The molecule has 6 heteroatoms. The molecule has 0 bridgehead atoms. The van der Waals surface area contributed by atoms with Gasteiger partial charge < -0.3 is 11.5 Å². The van der Waals surface area contributed by atoms with Gasteiger partial charge in [-0.1, -0.05) is 13.8 Å². The van der Waals surface area contributed by atoms with Crippen LogP contribution in [0.1, 0.15) is 26.7 Å². The third-order valence-corrected chi connectivity index (χ3v) is 1.84. The average molecular weight is 198 g/mol. The zero-order chi connectivity index (χ0) is 11.1. The fourth-order valence-electron chi connectivity index (χ4n) is 0.888. The van der Waals surface area contributed by atoms with E-state index in [0.717, 1.165) is 0 Å². The van der Waals surface area contributed by atoms with Gasteiger partial charge in [-0.05, 0) is 12.8 Å². The second kappa shape index (κ2) is 6.06. The Morgan fingerprint density at radius 3 is 1.43 bits per heavy atom. The van der Waals surface area contributed by atoms with E-state index < -0.39 is 0 Å². The van der Waals surface area contributed by atoms with Crippen LogP contribution in [0.15, 0.2) is 10.2 Å². The van der Waals surface area contributed by atoms with Gasteiger partial charge in [0.05, 0.1) is 0 Å². The molecule has 0 aliphatic heterocycles. The summed E-state index contributed by atoms with van der Waals surface area (Å²) in [5, 5.41) is 22.2. The van der Waals surface area contributed by atoms with Gasteiger partial charge in [0.1, 0.15) is 23.8 Å². The van der Waals surface area contributed by atoms with Crippen molar-refractivity contribution in [2.24, 2.45) is 21.7 Å². The monoisotopic (exact) mass is 198 g/mol. The number of nitrogens with two attached hydrogens (primary N) is 2. The summed E-state index contributed by atoms with van der Waals surface area (Å²) in [6.07, 6.45) is 1.26. The van der Waals surface area contributed by atoms with Crippen molar-refractivity contribution in [1.82, 2.24) is 0 Å². The van der Waals surface area contributed by atoms with Crippen LogP contribution >= 0.6 is 0 Å². The van der Waals surface area contributed by atoms with Gasteiger partial charge in [-0.25, -0.2) is 0 Å². The Kier molecular flexibility index (Phi) is 5.43. The fraction of sp³-hybridized carbons (Fsp3) is 0.750. The van der Waals surface area contributed by atoms with Gasteiger partial charge >= 0.3 is 0 Å². The van der Waals surface area contributed by atoms with Crippen LogP contribution < -0.4 is 11.5 Å². The smallest absolute Gasteiger partial charge is 0.127 e. The maximum Gasteiger partial charge on any atom is 0.127 e. The Morgan fingerprint density at radius 2 is 1.29 bits per heavy atom. The van der Waals surface area contributed by atoms with E-state index in [1.807, 2.05) is 13.8 Å². The quantitative estimate of drug-likeness (QED) is 0.287. The summed E-state index contributed by atoms with van der Waals surface area (Å²) in [6, 6.07) is -0.771. The molecule has 0 aromatic heterocycles. The summed E-state index contributed by atoms with van der Waals surface area (Å²) in [4.78, 5) is 0. The molecule has 2 atom stereocenters. The summed E-state index contributed by atoms with van der Waals surface area (Å²) in [6.45, 7) is 3.75. The molecule has 0 fully saturated rings. The lowest BCUT2D eigenvalue weighted by atomic mass is 10.2. The molecule has 6 N–H and O–H groups in total. The number of hydrogen-bond donors (Lipinski definition) is 4. The molecule has 0 saturated heterocycles. The van der Waals surface area contributed by atoms with Crippen LogP contribution in [0.4, 0.5) is 0 Å². The van der Waals surface area contributed by atoms with E-state index in [9.17, 15) is 0 Å². The summed E-state index contributed by atoms with van der Waals surface area (Å²) in [5.41, 5.74) is 10.6. The maximum absolute atomic E-state index is 7.20. The van der Waals surface area contributed by atoms with Crippen LogP contribution in [0, 0.1) is 10.8 Å². The normalized spacial score (nSPS) is 15.3. The third kappa shape index (κ3) is 3.97. The Morgan fingerprint density at radius 1 is 1.00 bits per heavy atom. The van der Waals surface area contributed by atoms with E-state index in [1.54, 1.807) is 0 Å². The van der Waals surface area contributed by atoms with Crippen molar-refractivity contribution in [1.29, 1.82) is 10.8 Å². The molecule has 0 rings (SSSR count). The highest BCUT2D eigenvalue weighted by Gasteiger charge is 2.11. The first-order valence-corrected chi connectivity index (χ1v) is 4.60. The largest absolute Gasteiger partial charge is 0.386 e. The number of nitrogens with one attached hydrogen (secondary N) is 2. The van der Waals surface area contributed by atoms with E-state index in [0.29, 0.717) is 12.8 Å². The first-order chi connectivity index (χ1) is 6.52. The predicted octanol–water partition coefficient (Wildman–Crippen LogP) is 0.868. The Balaban J connectivity index is 4.37. The number of azo groups is 1. The fourth-order valence-corrected chi connectivity index (χ4v) is 0.888. The zero-order valence-electron chi connectivity index (χ0n) is 8.62. The van der Waals surface area contributed by atoms with Crippen molar-refractivity contribution in [2.45, 2.75) is 38.8 Å². The molecule has 0 aromatic rings. The van der Waals surface area contributed by atoms with Gasteiger partial charge in [0.2, 0.25) is 0 Å². The van der Waals surface area contributed by atoms with Gasteiger partial charge in [0.25, 0.3) is 0 Å². The maximum atomic E-state index is 7.20. The number of nitrogens with zero attached hydrogens (tertiary/aromatic N) is 2. The lowest BCUT2D eigenvalue weighted by Gasteiger charge is -2.09. The summed E-state index contributed by atoms with van der Waals surface area (Å²) >= 11 is 0. The standard InChI is InChI=1S/C8H18N6/c1-3-5(7(9)10)13-14-6(4-2)8(11)12/h5-6H,3-4H2,1-2H3,(H3,9,10)(H3,11,12). The highest BCUT2D eigenvalue weighted by Crippen LogP contribution is 2.02. The van der Waals surface area contributed by atoms with Crippen molar-refractivity contribution < 1.29 is 0 Å². The molecule has 80 valence electrons. The molecular weight excluding hydrogens is 180 g/mol. The molecule has 6 nitrogen and oxygen atoms in total. The van der Waals surface area contributed by atoms with Crippen LogP contribution in [0.2, 0.25) is 0 Å². The molecule has 0 aromatic carbocycles. The van der Waals surface area contributed by atoms with Gasteiger partial charge in [-0.15, -0.1) is 0 Å². The Labute approximate surface area is 83.8 Å². The third-order valence-electron chi connectivity index (χ3n) is 1.84. The van der Waals surface area contributed by atoms with Gasteiger partial charge in [0, 0.05) is 0 Å². The van der Waals surface area contributed by atoms with Crippen molar-refractivity contribution in [3.63, 3.8) is 0 Å². The van der Waals surface area contributed by atoms with Crippen molar-refractivity contribution in [3.8, 4) is 0 Å². The molecule has 0 aliphatic carbocycles. The molecule has 0 heterocycles. The Hall–Kier alpha value is -1.46. The Bertz CT molecular complexity index is 210. The first kappa shape index (κ1) is 12.5. The van der Waals surface area contributed by atoms with Crippen LogP contribution in [-0.4, -0.2) is 23.8 Å². The second-order valence-electron chi connectivity index (χ2n) is 2.99. The SMILES string of the molecule is CCC(N=NC(CC)C(=N)N)C(=N)N. The molecule has 0 saturated carbocycles. The summed E-state index contributed by atoms with van der Waals surface area (Å²) in [5.74, 6) is -0.00990. The average Bonchev–Trinajstić information content (AvgIpc) is 2.11. The molecule has 2 unspecified atom stereocenters. The van der Waals surface area contributed by atoms with Crippen LogP contribution in [0.5, 0.6) is 0 Å². The van der Waals surface area contributed by atoms with Gasteiger partial charge in [-0.2, -0.15) is 10.2 Å². The number of rotatable bonds is 6. The molecule has 14 heavy (non-hydrogen) atoms. The molecule has 0 amide bonds. The second-order valence-corrected chi connectivity index (χ2v) is 2.99. The van der Waals surface area contributed by atoms with Crippen molar-refractivity contribution >= 4 is 11.7 Å². The van der Waals surface area contributed by atoms with Crippen LogP contribution in [0.3, 0.4) is 0 Å². The topological polar surface area (TPSA) is 124 Å². The number of hydrogen-bond acceptors (Lipinski definition) is 4. The minimum atomic E-state index is -0.386. The van der Waals surface area contributed by atoms with Gasteiger partial charge in [0.15, 0.2) is 0 Å². The van der Waals surface area contributed by atoms with Crippen molar-refractivity contribution in [3.05, 3.63) is 0 Å². The summed E-state index contributed by atoms with van der Waals surface area (Å²) < 4.78 is 0. The van der Waals surface area contributed by atoms with Crippen LogP contribution in [-0.2, 0) is 0 Å². The minimum absolute atomic E-state index is 0.00495. The molecule has 0 aliphatic rings. The van der Waals surface area contributed by atoms with Gasteiger partial charge in [-0.3, -0.25) is 10.8 Å². The zero-order valence-corrected chi connectivity index (χ0v) is 8.62. The first-order valence-electron chi connectivity index (χ1n) is 4.60. The van der Waals surface area contributed by atoms with E-state index in [1.165, 1.54) is 0 Å². The molecule has 0 spiro atoms. The van der Waals surface area contributed by atoms with E-state index in [4.69, 9.17) is 22.3 Å². The highest BCUT2D eigenvalue weighted by molar-refractivity contribution is 5.83. The molecular formula is C8H18N6. The lowest BCUT2D eigenvalue weighted by molar-refractivity contribution is 0.680. The number of amidine groups is 2. The predicted molar refractivity (Wildman–Crippen MR) is 56.8 cm³/mol. The molecule has 0 radical (unpaired) electrons. The van der Waals surface area contributed by atoms with Crippen LogP contribution in [0.25, 0.3) is 0 Å². The van der Waals surface area contributed by atoms with Crippen molar-refractivity contribution in [2.75, 3.05) is 0 Å². The highest BCUT2D eigenvalue weighted by atomic mass is 15.2.